The molecule has 0 atom stereocenters. The third kappa shape index (κ3) is 2.95. The van der Waals surface area contributed by atoms with Gasteiger partial charge in [-0.15, -0.1) is 0 Å². The Hall–Kier alpha value is -1.24. The van der Waals surface area contributed by atoms with Crippen molar-refractivity contribution in [2.24, 2.45) is 0 Å². The molecule has 0 bridgehead atoms. The van der Waals surface area contributed by atoms with Gasteiger partial charge in [0.2, 0.25) is 0 Å². The summed E-state index contributed by atoms with van der Waals surface area (Å²) < 4.78 is 19.8. The van der Waals surface area contributed by atoms with Crippen molar-refractivity contribution in [2.75, 3.05) is 0 Å². The second-order valence-electron chi connectivity index (χ2n) is 4.14. The van der Waals surface area contributed by atoms with E-state index in [1.165, 1.54) is 12.4 Å². The van der Waals surface area contributed by atoms with E-state index in [2.05, 4.69) is 9.97 Å². The molecule has 1 heterocycles. The van der Waals surface area contributed by atoms with Gasteiger partial charge in [0, 0.05) is 5.56 Å². The smallest absolute Gasteiger partial charge is 0.164 e. The molecule has 2 aromatic rings. The van der Waals surface area contributed by atoms with Crippen LogP contribution in [0.4, 0.5) is 4.39 Å². The summed E-state index contributed by atoms with van der Waals surface area (Å²) in [5.41, 5.74) is 0.830. The van der Waals surface area contributed by atoms with Crippen LogP contribution in [0.2, 0.25) is 0 Å². The SMILES string of the molecule is CC(C)c1cc(F)c(I)cc1Oc1cncnc1. The molecule has 0 aliphatic rings. The summed E-state index contributed by atoms with van der Waals surface area (Å²) in [4.78, 5) is 7.77. The molecule has 0 fully saturated rings. The lowest BCUT2D eigenvalue weighted by Crippen LogP contribution is -1.97. The zero-order valence-corrected chi connectivity index (χ0v) is 12.2. The summed E-state index contributed by atoms with van der Waals surface area (Å²) >= 11 is 1.95. The van der Waals surface area contributed by atoms with Crippen LogP contribution in [0.5, 0.6) is 11.5 Å². The Labute approximate surface area is 119 Å². The van der Waals surface area contributed by atoms with Gasteiger partial charge >= 0.3 is 0 Å². The van der Waals surface area contributed by atoms with E-state index in [1.807, 2.05) is 36.4 Å². The lowest BCUT2D eigenvalue weighted by molar-refractivity contribution is 0.464. The average molecular weight is 358 g/mol. The summed E-state index contributed by atoms with van der Waals surface area (Å²) in [6.45, 7) is 3.99. The first-order valence-electron chi connectivity index (χ1n) is 5.49. The first-order valence-corrected chi connectivity index (χ1v) is 6.57. The van der Waals surface area contributed by atoms with Crippen LogP contribution >= 0.6 is 22.6 Å². The number of hydrogen-bond acceptors (Lipinski definition) is 3. The van der Waals surface area contributed by atoms with Gasteiger partial charge in [0.05, 0.1) is 16.0 Å². The van der Waals surface area contributed by atoms with Crippen LogP contribution in [0.3, 0.4) is 0 Å². The minimum atomic E-state index is -0.226. The number of ether oxygens (including phenoxy) is 1. The second kappa shape index (κ2) is 5.60. The van der Waals surface area contributed by atoms with E-state index in [0.717, 1.165) is 5.56 Å². The molecule has 1 aromatic carbocycles. The summed E-state index contributed by atoms with van der Waals surface area (Å²) in [7, 11) is 0. The molecule has 0 saturated carbocycles. The van der Waals surface area contributed by atoms with Gasteiger partial charge in [-0.1, -0.05) is 13.8 Å². The average Bonchev–Trinajstić information content (AvgIpc) is 2.34. The Morgan fingerprint density at radius 2 is 1.89 bits per heavy atom. The molecule has 0 saturated heterocycles. The van der Waals surface area contributed by atoms with Crippen molar-refractivity contribution in [2.45, 2.75) is 19.8 Å². The molecule has 0 unspecified atom stereocenters. The molecule has 0 amide bonds. The standard InChI is InChI=1S/C13H12FIN2O/c1-8(2)10-3-11(14)12(15)4-13(10)18-9-5-16-7-17-6-9/h3-8H,1-2H3. The van der Waals surface area contributed by atoms with Gasteiger partial charge in [-0.3, -0.25) is 0 Å². The van der Waals surface area contributed by atoms with Crippen LogP contribution in [0.1, 0.15) is 25.3 Å². The number of nitrogens with zero attached hydrogens (tertiary/aromatic N) is 2. The van der Waals surface area contributed by atoms with Crippen molar-refractivity contribution in [3.63, 3.8) is 0 Å². The fourth-order valence-corrected chi connectivity index (χ4v) is 1.99. The maximum atomic E-state index is 13.6. The summed E-state index contributed by atoms with van der Waals surface area (Å²) in [5, 5.41) is 0. The van der Waals surface area contributed by atoms with E-state index in [1.54, 1.807) is 18.5 Å². The fourth-order valence-electron chi connectivity index (χ4n) is 1.55. The summed E-state index contributed by atoms with van der Waals surface area (Å²) in [6, 6.07) is 3.21. The van der Waals surface area contributed by atoms with Gasteiger partial charge in [0.1, 0.15) is 17.9 Å². The Morgan fingerprint density at radius 1 is 1.22 bits per heavy atom. The molecule has 2 rings (SSSR count). The van der Waals surface area contributed by atoms with Crippen LogP contribution in [-0.4, -0.2) is 9.97 Å². The van der Waals surface area contributed by atoms with E-state index in [0.29, 0.717) is 15.1 Å². The maximum Gasteiger partial charge on any atom is 0.164 e. The van der Waals surface area contributed by atoms with Gasteiger partial charge in [-0.25, -0.2) is 14.4 Å². The van der Waals surface area contributed by atoms with Crippen LogP contribution in [-0.2, 0) is 0 Å². The molecule has 0 spiro atoms. The van der Waals surface area contributed by atoms with Crippen molar-refractivity contribution in [1.29, 1.82) is 0 Å². The lowest BCUT2D eigenvalue weighted by Gasteiger charge is -2.14. The minimum Gasteiger partial charge on any atom is -0.454 e. The molecule has 1 aromatic heterocycles. The van der Waals surface area contributed by atoms with Crippen LogP contribution < -0.4 is 4.74 Å². The van der Waals surface area contributed by atoms with Crippen LogP contribution in [0.15, 0.2) is 30.9 Å². The Bertz CT molecular complexity index is 546. The quantitative estimate of drug-likeness (QED) is 0.774. The highest BCUT2D eigenvalue weighted by atomic mass is 127. The van der Waals surface area contributed by atoms with Gasteiger partial charge in [-0.05, 0) is 40.6 Å². The van der Waals surface area contributed by atoms with Gasteiger partial charge in [-0.2, -0.15) is 0 Å². The molecule has 0 aliphatic heterocycles. The van der Waals surface area contributed by atoms with Crippen LogP contribution in [0.25, 0.3) is 0 Å². The van der Waals surface area contributed by atoms with Crippen molar-refractivity contribution in [3.8, 4) is 11.5 Å². The first kappa shape index (κ1) is 13.2. The molecular weight excluding hydrogens is 346 g/mol. The number of aromatic nitrogens is 2. The zero-order valence-electron chi connectivity index (χ0n) is 10.0. The van der Waals surface area contributed by atoms with Crippen LogP contribution in [0, 0.1) is 9.39 Å². The van der Waals surface area contributed by atoms with Gasteiger partial charge in [0.15, 0.2) is 5.75 Å². The van der Waals surface area contributed by atoms with Gasteiger partial charge in [0.25, 0.3) is 0 Å². The van der Waals surface area contributed by atoms with Crippen molar-refractivity contribution in [1.82, 2.24) is 9.97 Å². The molecular formula is C13H12FIN2O. The molecule has 94 valence electrons. The number of hydrogen-bond donors (Lipinski definition) is 0. The topological polar surface area (TPSA) is 35.0 Å². The highest BCUT2D eigenvalue weighted by Gasteiger charge is 2.13. The van der Waals surface area contributed by atoms with Crippen molar-refractivity contribution >= 4 is 22.6 Å². The third-order valence-electron chi connectivity index (χ3n) is 2.44. The van der Waals surface area contributed by atoms with E-state index in [9.17, 15) is 4.39 Å². The van der Waals surface area contributed by atoms with Crippen molar-refractivity contribution in [3.05, 3.63) is 45.8 Å². The Morgan fingerprint density at radius 3 is 2.50 bits per heavy atom. The zero-order chi connectivity index (χ0) is 13.1. The predicted octanol–water partition coefficient (Wildman–Crippen LogP) is 4.14. The molecule has 0 aliphatic carbocycles. The fraction of sp³-hybridized carbons (Fsp3) is 0.231. The normalized spacial score (nSPS) is 10.7. The second-order valence-corrected chi connectivity index (χ2v) is 5.30. The number of benzene rings is 1. The maximum absolute atomic E-state index is 13.6. The highest BCUT2D eigenvalue weighted by Crippen LogP contribution is 2.32. The molecule has 0 N–H and O–H groups in total. The molecule has 0 radical (unpaired) electrons. The van der Waals surface area contributed by atoms with E-state index < -0.39 is 0 Å². The summed E-state index contributed by atoms with van der Waals surface area (Å²) in [5.74, 6) is 1.14. The first-order chi connectivity index (χ1) is 8.58. The molecule has 3 nitrogen and oxygen atoms in total. The Balaban J connectivity index is 2.40. The van der Waals surface area contributed by atoms with Gasteiger partial charge < -0.3 is 4.74 Å². The van der Waals surface area contributed by atoms with E-state index in [-0.39, 0.29) is 11.7 Å². The van der Waals surface area contributed by atoms with E-state index in [4.69, 9.17) is 4.74 Å². The lowest BCUT2D eigenvalue weighted by atomic mass is 10.0. The third-order valence-corrected chi connectivity index (χ3v) is 3.27. The highest BCUT2D eigenvalue weighted by molar-refractivity contribution is 14.1. The predicted molar refractivity (Wildman–Crippen MR) is 75.3 cm³/mol. The minimum absolute atomic E-state index is 0.177. The van der Waals surface area contributed by atoms with E-state index >= 15 is 0 Å². The van der Waals surface area contributed by atoms with Crippen molar-refractivity contribution < 1.29 is 9.13 Å². The monoisotopic (exact) mass is 358 g/mol. The Kier molecular flexibility index (Phi) is 4.11. The summed E-state index contributed by atoms with van der Waals surface area (Å²) in [6.07, 6.45) is 4.59. The number of rotatable bonds is 3. The largest absolute Gasteiger partial charge is 0.454 e. The molecule has 18 heavy (non-hydrogen) atoms. The number of halogens is 2. The molecule has 5 heteroatoms.